The Kier molecular flexibility index (Phi) is 4.03. The molecule has 0 aliphatic carbocycles. The van der Waals surface area contributed by atoms with Crippen molar-refractivity contribution in [2.24, 2.45) is 0 Å². The lowest BCUT2D eigenvalue weighted by molar-refractivity contribution is 0.622. The molecule has 21 heavy (non-hydrogen) atoms. The Morgan fingerprint density at radius 2 is 1.86 bits per heavy atom. The molecule has 0 radical (unpaired) electrons. The van der Waals surface area contributed by atoms with E-state index in [1.54, 1.807) is 16.7 Å². The Morgan fingerprint density at radius 3 is 2.57 bits per heavy atom. The Labute approximate surface area is 141 Å². The molecule has 1 aromatic heterocycles. The first-order chi connectivity index (χ1) is 10.0. The number of hydrogen-bond acceptors (Lipinski definition) is 1. The molecule has 3 rings (SSSR count). The molecule has 108 valence electrons. The highest BCUT2D eigenvalue weighted by Crippen LogP contribution is 2.31. The molecule has 0 bridgehead atoms. The maximum Gasteiger partial charge on any atom is 0.139 e. The van der Waals surface area contributed by atoms with E-state index in [4.69, 9.17) is 11.6 Å². The van der Waals surface area contributed by atoms with E-state index in [1.807, 2.05) is 0 Å². The average Bonchev–Trinajstić information content (AvgIpc) is 2.79. The highest BCUT2D eigenvalue weighted by Gasteiger charge is 2.16. The SMILES string of the molecule is Fc1ccc(Br)c(-n2c(CCl)nc3cc(Br)c(F)cc32)c1. The molecule has 0 saturated heterocycles. The third kappa shape index (κ3) is 2.60. The zero-order valence-electron chi connectivity index (χ0n) is 10.4. The first-order valence-electron chi connectivity index (χ1n) is 5.89. The summed E-state index contributed by atoms with van der Waals surface area (Å²) in [5.74, 6) is -0.183. The van der Waals surface area contributed by atoms with E-state index in [9.17, 15) is 8.78 Å². The molecule has 0 atom stereocenters. The summed E-state index contributed by atoms with van der Waals surface area (Å²) >= 11 is 12.4. The first-order valence-corrected chi connectivity index (χ1v) is 8.01. The van der Waals surface area contributed by atoms with E-state index in [1.165, 1.54) is 18.2 Å². The van der Waals surface area contributed by atoms with E-state index in [0.717, 1.165) is 0 Å². The minimum absolute atomic E-state index is 0.122. The largest absolute Gasteiger partial charge is 0.294 e. The standard InChI is InChI=1S/C14H7Br2ClF2N2/c15-8-2-1-7(18)3-12(8)21-13-5-10(19)9(16)4-11(13)20-14(21)6-17/h1-5H,6H2. The molecule has 0 unspecified atom stereocenters. The lowest BCUT2D eigenvalue weighted by Gasteiger charge is -2.10. The van der Waals surface area contributed by atoms with Crippen molar-refractivity contribution in [2.75, 3.05) is 0 Å². The van der Waals surface area contributed by atoms with Gasteiger partial charge in [0, 0.05) is 10.5 Å². The quantitative estimate of drug-likeness (QED) is 0.481. The second kappa shape index (κ2) is 5.66. The second-order valence-corrected chi connectivity index (χ2v) is 6.32. The third-order valence-corrected chi connectivity index (χ3v) is 4.55. The Morgan fingerprint density at radius 1 is 1.10 bits per heavy atom. The normalized spacial score (nSPS) is 11.3. The van der Waals surface area contributed by atoms with Crippen LogP contribution in [0.15, 0.2) is 39.3 Å². The molecule has 0 spiro atoms. The average molecular weight is 436 g/mol. The van der Waals surface area contributed by atoms with Crippen LogP contribution in [0.4, 0.5) is 8.78 Å². The van der Waals surface area contributed by atoms with Gasteiger partial charge in [0.1, 0.15) is 17.5 Å². The van der Waals surface area contributed by atoms with E-state index >= 15 is 0 Å². The van der Waals surface area contributed by atoms with Crippen molar-refractivity contribution in [2.45, 2.75) is 5.88 Å². The Balaban J connectivity index is 2.40. The number of nitrogens with zero attached hydrogens (tertiary/aromatic N) is 2. The van der Waals surface area contributed by atoms with Crippen molar-refractivity contribution >= 4 is 54.5 Å². The Bertz CT molecular complexity index is 849. The second-order valence-electron chi connectivity index (χ2n) is 4.35. The Hall–Kier alpha value is -0.980. The summed E-state index contributed by atoms with van der Waals surface area (Å²) in [7, 11) is 0. The van der Waals surface area contributed by atoms with Crippen LogP contribution in [0.2, 0.25) is 0 Å². The molecule has 7 heteroatoms. The van der Waals surface area contributed by atoms with E-state index < -0.39 is 11.6 Å². The molecule has 3 aromatic rings. The van der Waals surface area contributed by atoms with E-state index in [-0.39, 0.29) is 5.88 Å². The van der Waals surface area contributed by atoms with Gasteiger partial charge in [-0.1, -0.05) is 0 Å². The van der Waals surface area contributed by atoms with E-state index in [0.29, 0.717) is 31.5 Å². The van der Waals surface area contributed by atoms with Crippen LogP contribution in [0.1, 0.15) is 5.82 Å². The van der Waals surface area contributed by atoms with Crippen LogP contribution < -0.4 is 0 Å². The smallest absolute Gasteiger partial charge is 0.139 e. The number of halogens is 5. The van der Waals surface area contributed by atoms with Crippen molar-refractivity contribution in [3.8, 4) is 5.69 Å². The fraction of sp³-hybridized carbons (Fsp3) is 0.0714. The summed E-state index contributed by atoms with van der Waals surface area (Å²) in [6, 6.07) is 7.19. The van der Waals surface area contributed by atoms with Crippen LogP contribution in [-0.2, 0) is 5.88 Å². The molecular formula is C14H7Br2ClF2N2. The van der Waals surface area contributed by atoms with Gasteiger partial charge in [-0.2, -0.15) is 0 Å². The summed E-state index contributed by atoms with van der Waals surface area (Å²) in [5.41, 5.74) is 1.63. The summed E-state index contributed by atoms with van der Waals surface area (Å²) < 4.78 is 30.0. The predicted octanol–water partition coefficient (Wildman–Crippen LogP) is 5.57. The summed E-state index contributed by atoms with van der Waals surface area (Å²) in [6.07, 6.45) is 0. The molecule has 0 aliphatic rings. The highest BCUT2D eigenvalue weighted by atomic mass is 79.9. The lowest BCUT2D eigenvalue weighted by Crippen LogP contribution is -2.01. The molecule has 0 aliphatic heterocycles. The summed E-state index contributed by atoms with van der Waals surface area (Å²) in [4.78, 5) is 4.37. The molecule has 2 nitrogen and oxygen atoms in total. The van der Waals surface area contributed by atoms with Gasteiger partial charge in [0.05, 0.1) is 27.1 Å². The van der Waals surface area contributed by atoms with Gasteiger partial charge in [-0.05, 0) is 56.1 Å². The number of aromatic nitrogens is 2. The zero-order chi connectivity index (χ0) is 15.1. The number of imidazole rings is 1. The number of benzene rings is 2. The molecule has 1 heterocycles. The topological polar surface area (TPSA) is 17.8 Å². The van der Waals surface area contributed by atoms with Gasteiger partial charge >= 0.3 is 0 Å². The maximum atomic E-state index is 13.8. The minimum Gasteiger partial charge on any atom is -0.294 e. The first kappa shape index (κ1) is 14.9. The van der Waals surface area contributed by atoms with Gasteiger partial charge < -0.3 is 0 Å². The van der Waals surface area contributed by atoms with Gasteiger partial charge in [0.15, 0.2) is 0 Å². The minimum atomic E-state index is -0.419. The molecule has 0 fully saturated rings. The van der Waals surface area contributed by atoms with Gasteiger partial charge in [-0.15, -0.1) is 11.6 Å². The van der Waals surface area contributed by atoms with Crippen LogP contribution in [0.3, 0.4) is 0 Å². The number of hydrogen-bond donors (Lipinski definition) is 0. The van der Waals surface area contributed by atoms with Crippen LogP contribution in [-0.4, -0.2) is 9.55 Å². The summed E-state index contributed by atoms with van der Waals surface area (Å²) in [5, 5.41) is 0. The fourth-order valence-corrected chi connectivity index (χ4v) is 3.07. The molecule has 0 N–H and O–H groups in total. The zero-order valence-corrected chi connectivity index (χ0v) is 14.3. The van der Waals surface area contributed by atoms with Crippen LogP contribution in [0.25, 0.3) is 16.7 Å². The number of fused-ring (bicyclic) bond motifs is 1. The predicted molar refractivity (Wildman–Crippen MR) is 85.9 cm³/mol. The maximum absolute atomic E-state index is 13.8. The number of alkyl halides is 1. The summed E-state index contributed by atoms with van der Waals surface area (Å²) in [6.45, 7) is 0. The fourth-order valence-electron chi connectivity index (χ4n) is 2.14. The highest BCUT2D eigenvalue weighted by molar-refractivity contribution is 9.10. The van der Waals surface area contributed by atoms with E-state index in [2.05, 4.69) is 36.8 Å². The number of rotatable bonds is 2. The van der Waals surface area contributed by atoms with Gasteiger partial charge in [-0.3, -0.25) is 4.57 Å². The van der Waals surface area contributed by atoms with Crippen molar-refractivity contribution in [3.05, 3.63) is 56.7 Å². The lowest BCUT2D eigenvalue weighted by atomic mass is 10.2. The van der Waals surface area contributed by atoms with Crippen LogP contribution in [0.5, 0.6) is 0 Å². The van der Waals surface area contributed by atoms with Crippen LogP contribution >= 0.6 is 43.5 Å². The van der Waals surface area contributed by atoms with Crippen molar-refractivity contribution < 1.29 is 8.78 Å². The van der Waals surface area contributed by atoms with Crippen molar-refractivity contribution in [1.29, 1.82) is 0 Å². The van der Waals surface area contributed by atoms with Crippen molar-refractivity contribution in [1.82, 2.24) is 9.55 Å². The van der Waals surface area contributed by atoms with Crippen LogP contribution in [0, 0.1) is 11.6 Å². The molecule has 2 aromatic carbocycles. The molecule has 0 saturated carbocycles. The molecular weight excluding hydrogens is 429 g/mol. The van der Waals surface area contributed by atoms with Gasteiger partial charge in [-0.25, -0.2) is 13.8 Å². The van der Waals surface area contributed by atoms with Gasteiger partial charge in [0.25, 0.3) is 0 Å². The molecule has 0 amide bonds. The van der Waals surface area contributed by atoms with Crippen molar-refractivity contribution in [3.63, 3.8) is 0 Å². The monoisotopic (exact) mass is 434 g/mol. The van der Waals surface area contributed by atoms with Gasteiger partial charge in [0.2, 0.25) is 0 Å². The third-order valence-electron chi connectivity index (χ3n) is 3.03.